The van der Waals surface area contributed by atoms with E-state index in [1.807, 2.05) is 0 Å². The molecule has 0 amide bonds. The van der Waals surface area contributed by atoms with E-state index in [-0.39, 0.29) is 16.8 Å². The zero-order chi connectivity index (χ0) is 13.3. The van der Waals surface area contributed by atoms with Crippen molar-refractivity contribution in [2.75, 3.05) is 5.73 Å². The molecule has 2 N–H and O–H groups in total. The van der Waals surface area contributed by atoms with Crippen LogP contribution in [0.5, 0.6) is 0 Å². The Morgan fingerprint density at radius 3 is 2.50 bits per heavy atom. The first kappa shape index (κ1) is 12.2. The van der Waals surface area contributed by atoms with Crippen molar-refractivity contribution in [3.8, 4) is 0 Å². The van der Waals surface area contributed by atoms with Gasteiger partial charge >= 0.3 is 0 Å². The molecule has 0 heterocycles. The summed E-state index contributed by atoms with van der Waals surface area (Å²) in [7, 11) is 0. The molecule has 0 spiro atoms. The topological polar surface area (TPSA) is 43.1 Å². The molecule has 0 fully saturated rings. The molecule has 2 rings (SSSR count). The molecular weight excluding hydrogens is 236 g/mol. The minimum atomic E-state index is -0.686. The van der Waals surface area contributed by atoms with E-state index in [4.69, 9.17) is 5.73 Å². The molecule has 2 aromatic carbocycles. The number of aryl methyl sites for hydroxylation is 1. The number of hydrogen-bond acceptors (Lipinski definition) is 2. The molecule has 92 valence electrons. The Kier molecular flexibility index (Phi) is 3.10. The van der Waals surface area contributed by atoms with Gasteiger partial charge < -0.3 is 5.73 Å². The van der Waals surface area contributed by atoms with E-state index < -0.39 is 17.4 Å². The van der Waals surface area contributed by atoms with E-state index in [0.29, 0.717) is 0 Å². The van der Waals surface area contributed by atoms with Gasteiger partial charge in [-0.1, -0.05) is 17.7 Å². The summed E-state index contributed by atoms with van der Waals surface area (Å²) in [4.78, 5) is 12.1. The molecule has 2 aromatic rings. The number of rotatable bonds is 2. The summed E-state index contributed by atoms with van der Waals surface area (Å²) in [5.41, 5.74) is 5.84. The van der Waals surface area contributed by atoms with Gasteiger partial charge in [0.2, 0.25) is 0 Å². The first-order valence-corrected chi connectivity index (χ1v) is 5.35. The zero-order valence-electron chi connectivity index (χ0n) is 9.71. The van der Waals surface area contributed by atoms with Gasteiger partial charge in [-0.15, -0.1) is 0 Å². The lowest BCUT2D eigenvalue weighted by molar-refractivity contribution is 0.103. The summed E-state index contributed by atoms with van der Waals surface area (Å²) in [6.07, 6.45) is 0. The quantitative estimate of drug-likeness (QED) is 0.654. The van der Waals surface area contributed by atoms with Crippen molar-refractivity contribution >= 4 is 11.5 Å². The second-order valence-corrected chi connectivity index (χ2v) is 4.01. The number of carbonyl (C=O) groups is 1. The minimum Gasteiger partial charge on any atom is -0.396 e. The van der Waals surface area contributed by atoms with Crippen LogP contribution in [0.4, 0.5) is 14.5 Å². The number of halogens is 2. The van der Waals surface area contributed by atoms with Crippen LogP contribution >= 0.6 is 0 Å². The smallest absolute Gasteiger partial charge is 0.198 e. The van der Waals surface area contributed by atoms with Crippen LogP contribution in [0.2, 0.25) is 0 Å². The third kappa shape index (κ3) is 2.09. The lowest BCUT2D eigenvalue weighted by Crippen LogP contribution is -2.09. The van der Waals surface area contributed by atoms with Gasteiger partial charge in [-0.3, -0.25) is 4.79 Å². The molecule has 0 aromatic heterocycles. The molecule has 18 heavy (non-hydrogen) atoms. The fraction of sp³-hybridized carbons (Fsp3) is 0.0714. The number of nitrogens with two attached hydrogens (primary N) is 1. The number of carbonyl (C=O) groups excluding carboxylic acids is 1. The van der Waals surface area contributed by atoms with E-state index in [1.54, 1.807) is 13.0 Å². The Bertz CT molecular complexity index is 619. The summed E-state index contributed by atoms with van der Waals surface area (Å²) in [6.45, 7) is 1.74. The van der Waals surface area contributed by atoms with Crippen LogP contribution in [0.1, 0.15) is 21.5 Å². The second kappa shape index (κ2) is 4.56. The van der Waals surface area contributed by atoms with Gasteiger partial charge in [0.05, 0.1) is 11.3 Å². The lowest BCUT2D eigenvalue weighted by Gasteiger charge is -2.07. The standard InChI is InChI=1S/C14H11F2NO/c1-8-5-6-11(15)10(7-8)14(18)9-3-2-4-12(16)13(9)17/h2-7H,17H2,1H3. The Hall–Kier alpha value is -2.23. The molecule has 0 aliphatic carbocycles. The average Bonchev–Trinajstić information content (AvgIpc) is 2.35. The molecule has 0 aliphatic heterocycles. The maximum atomic E-state index is 13.6. The number of nitrogen functional groups attached to an aromatic ring is 1. The first-order chi connectivity index (χ1) is 8.50. The normalized spacial score (nSPS) is 10.4. The number of hydrogen-bond donors (Lipinski definition) is 1. The summed E-state index contributed by atoms with van der Waals surface area (Å²) < 4.78 is 26.8. The van der Waals surface area contributed by atoms with Crippen LogP contribution in [0.15, 0.2) is 36.4 Å². The first-order valence-electron chi connectivity index (χ1n) is 5.35. The van der Waals surface area contributed by atoms with Gasteiger partial charge in [0.25, 0.3) is 0 Å². The molecule has 0 saturated carbocycles. The maximum Gasteiger partial charge on any atom is 0.198 e. The molecule has 4 heteroatoms. The third-order valence-corrected chi connectivity index (χ3v) is 2.66. The fourth-order valence-corrected chi connectivity index (χ4v) is 1.69. The predicted octanol–water partition coefficient (Wildman–Crippen LogP) is 3.09. The van der Waals surface area contributed by atoms with Gasteiger partial charge in [0, 0.05) is 5.56 Å². The van der Waals surface area contributed by atoms with Crippen LogP contribution in [0.3, 0.4) is 0 Å². The summed E-state index contributed by atoms with van der Waals surface area (Å²) in [6, 6.07) is 8.08. The van der Waals surface area contributed by atoms with Crippen molar-refractivity contribution in [2.45, 2.75) is 6.92 Å². The highest BCUT2D eigenvalue weighted by molar-refractivity contribution is 6.12. The van der Waals surface area contributed by atoms with Gasteiger partial charge in [0.1, 0.15) is 11.6 Å². The van der Waals surface area contributed by atoms with Crippen LogP contribution in [-0.2, 0) is 0 Å². The van der Waals surface area contributed by atoms with Crippen LogP contribution in [0, 0.1) is 18.6 Å². The van der Waals surface area contributed by atoms with Crippen molar-refractivity contribution in [3.63, 3.8) is 0 Å². The summed E-state index contributed by atoms with van der Waals surface area (Å²) >= 11 is 0. The molecule has 0 saturated heterocycles. The average molecular weight is 247 g/mol. The molecule has 0 unspecified atom stereocenters. The maximum absolute atomic E-state index is 13.6. The zero-order valence-corrected chi connectivity index (χ0v) is 9.71. The molecular formula is C14H11F2NO. The number of para-hydroxylation sites is 1. The van der Waals surface area contributed by atoms with Crippen molar-refractivity contribution in [2.24, 2.45) is 0 Å². The summed E-state index contributed by atoms with van der Waals surface area (Å²) in [5.74, 6) is -1.95. The van der Waals surface area contributed by atoms with Crippen LogP contribution in [-0.4, -0.2) is 5.78 Å². The van der Waals surface area contributed by atoms with Crippen LogP contribution in [0.25, 0.3) is 0 Å². The van der Waals surface area contributed by atoms with Gasteiger partial charge in [-0.25, -0.2) is 8.78 Å². The fourth-order valence-electron chi connectivity index (χ4n) is 1.69. The highest BCUT2D eigenvalue weighted by atomic mass is 19.1. The van der Waals surface area contributed by atoms with Gasteiger partial charge in [-0.2, -0.15) is 0 Å². The Morgan fingerprint density at radius 2 is 1.78 bits per heavy atom. The molecule has 0 bridgehead atoms. The monoisotopic (exact) mass is 247 g/mol. The number of anilines is 1. The number of benzene rings is 2. The molecule has 2 nitrogen and oxygen atoms in total. The van der Waals surface area contributed by atoms with Gasteiger partial charge in [0.15, 0.2) is 5.78 Å². The van der Waals surface area contributed by atoms with E-state index >= 15 is 0 Å². The number of ketones is 1. The van der Waals surface area contributed by atoms with Crippen molar-refractivity contribution in [1.29, 1.82) is 0 Å². The van der Waals surface area contributed by atoms with E-state index in [2.05, 4.69) is 0 Å². The Labute approximate surface area is 103 Å². The minimum absolute atomic E-state index is 0.0282. The predicted molar refractivity (Wildman–Crippen MR) is 65.4 cm³/mol. The molecule has 0 radical (unpaired) electrons. The van der Waals surface area contributed by atoms with Gasteiger partial charge in [-0.05, 0) is 31.2 Å². The van der Waals surface area contributed by atoms with Crippen molar-refractivity contribution in [3.05, 3.63) is 64.7 Å². The Morgan fingerprint density at radius 1 is 1.06 bits per heavy atom. The SMILES string of the molecule is Cc1ccc(F)c(C(=O)c2cccc(F)c2N)c1. The highest BCUT2D eigenvalue weighted by Gasteiger charge is 2.18. The third-order valence-electron chi connectivity index (χ3n) is 2.66. The van der Waals surface area contributed by atoms with Crippen molar-refractivity contribution in [1.82, 2.24) is 0 Å². The largest absolute Gasteiger partial charge is 0.396 e. The van der Waals surface area contributed by atoms with E-state index in [0.717, 1.165) is 11.6 Å². The van der Waals surface area contributed by atoms with Crippen molar-refractivity contribution < 1.29 is 13.6 Å². The molecule has 0 atom stereocenters. The lowest BCUT2D eigenvalue weighted by atomic mass is 9.99. The van der Waals surface area contributed by atoms with E-state index in [1.165, 1.54) is 24.3 Å². The Balaban J connectivity index is 2.55. The highest BCUT2D eigenvalue weighted by Crippen LogP contribution is 2.21. The van der Waals surface area contributed by atoms with E-state index in [9.17, 15) is 13.6 Å². The summed E-state index contributed by atoms with van der Waals surface area (Å²) in [5, 5.41) is 0. The van der Waals surface area contributed by atoms with Crippen LogP contribution < -0.4 is 5.73 Å². The molecule has 0 aliphatic rings. The second-order valence-electron chi connectivity index (χ2n) is 4.01.